The normalized spacial score (nSPS) is 12.7. The molecule has 13 heteroatoms. The van der Waals surface area contributed by atoms with Gasteiger partial charge in [-0.25, -0.2) is 0 Å². The van der Waals surface area contributed by atoms with Crippen LogP contribution in [-0.4, -0.2) is 41.7 Å². The maximum absolute atomic E-state index is 12.7. The van der Waals surface area contributed by atoms with Crippen LogP contribution in [0.1, 0.15) is 52.0 Å². The smallest absolute Gasteiger partial charge is 0.306 e. The van der Waals surface area contributed by atoms with Gasteiger partial charge in [0, 0.05) is 23.1 Å². The second-order valence-corrected chi connectivity index (χ2v) is 10.6. The predicted molar refractivity (Wildman–Crippen MR) is 144 cm³/mol. The van der Waals surface area contributed by atoms with E-state index in [9.17, 15) is 19.2 Å². The number of ether oxygens (including phenoxy) is 1. The molecule has 1 aliphatic rings. The minimum atomic E-state index is -0.604. The van der Waals surface area contributed by atoms with Crippen molar-refractivity contribution in [1.82, 2.24) is 4.90 Å². The molecular formula is C23H18BrCl5N2O5. The highest BCUT2D eigenvalue weighted by Gasteiger charge is 2.41. The van der Waals surface area contributed by atoms with Gasteiger partial charge in [-0.05, 0) is 53.4 Å². The van der Waals surface area contributed by atoms with Crippen molar-refractivity contribution in [2.75, 3.05) is 18.5 Å². The molecule has 2 aromatic rings. The summed E-state index contributed by atoms with van der Waals surface area (Å²) in [5, 5.41) is 2.71. The quantitative estimate of drug-likeness (QED) is 0.0999. The molecule has 0 bridgehead atoms. The molecule has 0 spiro atoms. The molecule has 192 valence electrons. The minimum Gasteiger partial charge on any atom is -0.456 e. The molecule has 0 aromatic heterocycles. The van der Waals surface area contributed by atoms with Gasteiger partial charge < -0.3 is 10.1 Å². The Kier molecular flexibility index (Phi) is 9.94. The predicted octanol–water partition coefficient (Wildman–Crippen LogP) is 7.36. The van der Waals surface area contributed by atoms with Crippen molar-refractivity contribution >= 4 is 103 Å². The summed E-state index contributed by atoms with van der Waals surface area (Å²) in [6.45, 7) is 1.42. The first-order chi connectivity index (χ1) is 17.0. The van der Waals surface area contributed by atoms with Gasteiger partial charge in [0.25, 0.3) is 17.7 Å². The molecule has 3 amide bonds. The second kappa shape index (κ2) is 12.3. The third-order valence-electron chi connectivity index (χ3n) is 5.43. The van der Waals surface area contributed by atoms with E-state index in [0.29, 0.717) is 40.0 Å². The van der Waals surface area contributed by atoms with Crippen LogP contribution < -0.4 is 5.32 Å². The van der Waals surface area contributed by atoms with Crippen LogP contribution in [0.2, 0.25) is 25.1 Å². The second-order valence-electron chi connectivity index (χ2n) is 7.82. The van der Waals surface area contributed by atoms with Gasteiger partial charge in [0.15, 0.2) is 6.61 Å². The number of halogens is 6. The van der Waals surface area contributed by atoms with Crippen molar-refractivity contribution in [2.45, 2.75) is 32.6 Å². The Hall–Kier alpha value is -1.55. The van der Waals surface area contributed by atoms with Crippen LogP contribution in [0.5, 0.6) is 0 Å². The van der Waals surface area contributed by atoms with Crippen molar-refractivity contribution in [1.29, 1.82) is 0 Å². The van der Waals surface area contributed by atoms with Gasteiger partial charge in [0.1, 0.15) is 0 Å². The lowest BCUT2D eigenvalue weighted by atomic mass is 10.1. The zero-order valence-corrected chi connectivity index (χ0v) is 24.0. The van der Waals surface area contributed by atoms with Gasteiger partial charge in [0.05, 0.1) is 36.2 Å². The van der Waals surface area contributed by atoms with E-state index in [-0.39, 0.29) is 44.2 Å². The average Bonchev–Trinajstić information content (AvgIpc) is 3.09. The molecule has 0 fully saturated rings. The SMILES string of the molecule is Cc1c(NC(=O)COC(=O)CCCCCN2C(=O)c3c(Cl)c(Cl)c(Cl)c(Cl)c3C2=O)ccc(Br)c1Cl. The fraction of sp³-hybridized carbons (Fsp3) is 0.304. The van der Waals surface area contributed by atoms with Gasteiger partial charge in [-0.3, -0.25) is 24.1 Å². The zero-order valence-electron chi connectivity index (χ0n) is 18.7. The van der Waals surface area contributed by atoms with E-state index in [1.54, 1.807) is 19.1 Å². The maximum Gasteiger partial charge on any atom is 0.306 e. The van der Waals surface area contributed by atoms with Crippen LogP contribution >= 0.6 is 73.9 Å². The zero-order chi connectivity index (χ0) is 26.7. The monoisotopic (exact) mass is 656 g/mol. The summed E-state index contributed by atoms with van der Waals surface area (Å²) in [4.78, 5) is 50.5. The fourth-order valence-electron chi connectivity index (χ4n) is 3.51. The number of esters is 1. The summed E-state index contributed by atoms with van der Waals surface area (Å²) in [6.07, 6.45) is 1.46. The third kappa shape index (κ3) is 6.11. The van der Waals surface area contributed by atoms with Crippen LogP contribution in [0.15, 0.2) is 16.6 Å². The summed E-state index contributed by atoms with van der Waals surface area (Å²) in [6, 6.07) is 3.39. The molecule has 7 nitrogen and oxygen atoms in total. The molecule has 2 aromatic carbocycles. The number of benzene rings is 2. The van der Waals surface area contributed by atoms with Gasteiger partial charge in [0.2, 0.25) is 0 Å². The molecule has 0 atom stereocenters. The van der Waals surface area contributed by atoms with E-state index >= 15 is 0 Å². The minimum absolute atomic E-state index is 0.0662. The van der Waals surface area contributed by atoms with Crippen molar-refractivity contribution in [2.24, 2.45) is 0 Å². The van der Waals surface area contributed by atoms with Crippen LogP contribution in [0, 0.1) is 6.92 Å². The first-order valence-electron chi connectivity index (χ1n) is 10.6. The Morgan fingerprint density at radius 1 is 0.889 bits per heavy atom. The summed E-state index contributed by atoms with van der Waals surface area (Å²) >= 11 is 33.7. The lowest BCUT2D eigenvalue weighted by molar-refractivity contribution is -0.147. The number of imide groups is 1. The van der Waals surface area contributed by atoms with Crippen molar-refractivity contribution in [3.63, 3.8) is 0 Å². The summed E-state index contributed by atoms with van der Waals surface area (Å²) in [5.41, 5.74) is 1.07. The highest BCUT2D eigenvalue weighted by Crippen LogP contribution is 2.44. The van der Waals surface area contributed by atoms with Gasteiger partial charge in [-0.2, -0.15) is 0 Å². The van der Waals surface area contributed by atoms with E-state index in [1.165, 1.54) is 0 Å². The molecule has 0 aliphatic carbocycles. The molecule has 0 saturated carbocycles. The van der Waals surface area contributed by atoms with Crippen LogP contribution in [0.25, 0.3) is 0 Å². The van der Waals surface area contributed by atoms with Crippen LogP contribution in [0.3, 0.4) is 0 Å². The van der Waals surface area contributed by atoms with Crippen molar-refractivity contribution in [3.8, 4) is 0 Å². The first-order valence-corrected chi connectivity index (χ1v) is 13.3. The molecule has 1 N–H and O–H groups in total. The van der Waals surface area contributed by atoms with E-state index < -0.39 is 30.3 Å². The number of fused-ring (bicyclic) bond motifs is 1. The molecule has 1 heterocycles. The van der Waals surface area contributed by atoms with E-state index in [0.717, 1.165) is 4.90 Å². The number of hydrogen-bond donors (Lipinski definition) is 1. The van der Waals surface area contributed by atoms with E-state index in [2.05, 4.69) is 21.2 Å². The number of unbranched alkanes of at least 4 members (excludes halogenated alkanes) is 2. The average molecular weight is 660 g/mol. The molecule has 1 aliphatic heterocycles. The molecule has 0 unspecified atom stereocenters. The van der Waals surface area contributed by atoms with Crippen LogP contribution in [-0.2, 0) is 14.3 Å². The number of hydrogen-bond acceptors (Lipinski definition) is 5. The standard InChI is InChI=1S/C23H18BrCl5N2O5/c1-10-12(7-6-11(24)17(10)25)30-13(32)9-36-14(33)5-3-2-4-8-31-22(34)15-16(23(31)35)19(27)21(29)20(28)18(15)26/h6-7H,2-5,8-9H2,1H3,(H,30,32). The lowest BCUT2D eigenvalue weighted by Crippen LogP contribution is -2.30. The topological polar surface area (TPSA) is 92.8 Å². The Bertz CT molecular complexity index is 1220. The Morgan fingerprint density at radius 3 is 2.06 bits per heavy atom. The maximum atomic E-state index is 12.7. The number of anilines is 1. The molecule has 3 rings (SSSR count). The number of carbonyl (C=O) groups is 4. The van der Waals surface area contributed by atoms with Crippen LogP contribution in [0.4, 0.5) is 5.69 Å². The number of rotatable bonds is 9. The number of amides is 3. The molecular weight excluding hydrogens is 641 g/mol. The highest BCUT2D eigenvalue weighted by atomic mass is 79.9. The summed E-state index contributed by atoms with van der Waals surface area (Å²) in [7, 11) is 0. The third-order valence-corrected chi connectivity index (χ3v) is 8.60. The van der Waals surface area contributed by atoms with Crippen molar-refractivity contribution in [3.05, 3.63) is 58.4 Å². The van der Waals surface area contributed by atoms with Crippen molar-refractivity contribution < 1.29 is 23.9 Å². The van der Waals surface area contributed by atoms with Gasteiger partial charge in [-0.1, -0.05) is 64.4 Å². The van der Waals surface area contributed by atoms with Gasteiger partial charge in [-0.15, -0.1) is 0 Å². The van der Waals surface area contributed by atoms with E-state index in [4.69, 9.17) is 62.7 Å². The first kappa shape index (κ1) is 29.0. The summed E-state index contributed by atoms with van der Waals surface area (Å²) in [5.74, 6) is -2.24. The molecule has 0 radical (unpaired) electrons. The molecule has 36 heavy (non-hydrogen) atoms. The molecule has 0 saturated heterocycles. The van der Waals surface area contributed by atoms with Gasteiger partial charge >= 0.3 is 5.97 Å². The highest BCUT2D eigenvalue weighted by molar-refractivity contribution is 9.10. The van der Waals surface area contributed by atoms with E-state index in [1.807, 2.05) is 0 Å². The fourth-order valence-corrected chi connectivity index (χ4v) is 5.12. The number of carbonyl (C=O) groups excluding carboxylic acids is 4. The Morgan fingerprint density at radius 2 is 1.47 bits per heavy atom. The Labute approximate surface area is 240 Å². The number of nitrogens with one attached hydrogen (secondary N) is 1. The number of nitrogens with zero attached hydrogens (tertiary/aromatic N) is 1. The summed E-state index contributed by atoms with van der Waals surface area (Å²) < 4.78 is 5.71. The largest absolute Gasteiger partial charge is 0.456 e. The Balaban J connectivity index is 1.41. The lowest BCUT2D eigenvalue weighted by Gasteiger charge is -2.13.